The van der Waals surface area contributed by atoms with E-state index in [2.05, 4.69) is 16.1 Å². The van der Waals surface area contributed by atoms with Gasteiger partial charge < -0.3 is 4.57 Å². The monoisotopic (exact) mass is 136 g/mol. The van der Waals surface area contributed by atoms with Crippen LogP contribution in [0.5, 0.6) is 0 Å². The number of imidazole rings is 1. The molecular formula is C8H12N2. The van der Waals surface area contributed by atoms with E-state index in [1.54, 1.807) is 0 Å². The lowest BCUT2D eigenvalue weighted by atomic mass is 10.5. The molecule has 1 rings (SSSR count). The summed E-state index contributed by atoms with van der Waals surface area (Å²) < 4.78 is 2.12. The molecule has 0 aliphatic rings. The van der Waals surface area contributed by atoms with Crippen molar-refractivity contribution in [3.8, 4) is 0 Å². The lowest BCUT2D eigenvalue weighted by molar-refractivity contribution is 0.757. The highest BCUT2D eigenvalue weighted by molar-refractivity contribution is 5.02. The maximum absolute atomic E-state index is 4.15. The van der Waals surface area contributed by atoms with E-state index in [0.717, 1.165) is 12.4 Å². The Labute approximate surface area is 61.2 Å². The largest absolute Gasteiger partial charge is 0.329 e. The van der Waals surface area contributed by atoms with Gasteiger partial charge in [0.1, 0.15) is 5.82 Å². The van der Waals surface area contributed by atoms with Gasteiger partial charge in [0.25, 0.3) is 0 Å². The van der Waals surface area contributed by atoms with Crippen LogP contribution in [0.15, 0.2) is 18.9 Å². The maximum Gasteiger partial charge on any atom is 0.105 e. The third-order valence-electron chi connectivity index (χ3n) is 1.57. The van der Waals surface area contributed by atoms with Crippen LogP contribution in [0.1, 0.15) is 11.5 Å². The molecule has 1 heterocycles. The van der Waals surface area contributed by atoms with E-state index in [1.165, 1.54) is 5.69 Å². The van der Waals surface area contributed by atoms with E-state index in [-0.39, 0.29) is 0 Å². The van der Waals surface area contributed by atoms with Crippen molar-refractivity contribution in [1.82, 2.24) is 9.55 Å². The van der Waals surface area contributed by atoms with Crippen LogP contribution < -0.4 is 0 Å². The third-order valence-corrected chi connectivity index (χ3v) is 1.57. The summed E-state index contributed by atoms with van der Waals surface area (Å²) in [5, 5.41) is 0. The Bertz CT molecular complexity index is 216. The van der Waals surface area contributed by atoms with Crippen LogP contribution in [0, 0.1) is 13.8 Å². The zero-order chi connectivity index (χ0) is 7.56. The minimum Gasteiger partial charge on any atom is -0.329 e. The highest BCUT2D eigenvalue weighted by Crippen LogP contribution is 2.01. The van der Waals surface area contributed by atoms with Crippen LogP contribution in [0.4, 0.5) is 0 Å². The molecule has 1 aromatic heterocycles. The molecule has 0 aromatic carbocycles. The fraction of sp³-hybridized carbons (Fsp3) is 0.375. The molecule has 2 nitrogen and oxygen atoms in total. The molecule has 0 bridgehead atoms. The molecule has 2 heteroatoms. The second kappa shape index (κ2) is 2.69. The molecule has 0 saturated heterocycles. The van der Waals surface area contributed by atoms with Gasteiger partial charge in [-0.15, -0.1) is 6.58 Å². The number of aromatic nitrogens is 2. The standard InChI is InChI=1S/C8H12N2/c1-4-5-10-7(2)6-9-8(10)3/h4,6H,1,5H2,2-3H3. The minimum absolute atomic E-state index is 0.859. The molecule has 0 unspecified atom stereocenters. The molecule has 0 aliphatic heterocycles. The summed E-state index contributed by atoms with van der Waals surface area (Å²) >= 11 is 0. The van der Waals surface area contributed by atoms with Gasteiger partial charge in [-0.25, -0.2) is 4.98 Å². The molecule has 0 amide bonds. The summed E-state index contributed by atoms with van der Waals surface area (Å²) in [6.07, 6.45) is 3.75. The first-order chi connectivity index (χ1) is 4.75. The summed E-state index contributed by atoms with van der Waals surface area (Å²) in [6.45, 7) is 8.57. The van der Waals surface area contributed by atoms with Crippen molar-refractivity contribution in [2.75, 3.05) is 0 Å². The Hall–Kier alpha value is -1.05. The summed E-state index contributed by atoms with van der Waals surface area (Å²) in [5.41, 5.74) is 1.19. The Kier molecular flexibility index (Phi) is 1.90. The molecule has 0 aliphatic carbocycles. The summed E-state index contributed by atoms with van der Waals surface area (Å²) in [7, 11) is 0. The fourth-order valence-corrected chi connectivity index (χ4v) is 0.987. The normalized spacial score (nSPS) is 9.80. The molecule has 54 valence electrons. The number of aryl methyl sites for hydroxylation is 2. The number of nitrogens with zero attached hydrogens (tertiary/aromatic N) is 2. The van der Waals surface area contributed by atoms with Crippen LogP contribution in [0.2, 0.25) is 0 Å². The predicted octanol–water partition coefficient (Wildman–Crippen LogP) is 1.69. The van der Waals surface area contributed by atoms with Gasteiger partial charge in [0, 0.05) is 18.4 Å². The SMILES string of the molecule is C=CCn1c(C)cnc1C. The highest BCUT2D eigenvalue weighted by atomic mass is 15.1. The van der Waals surface area contributed by atoms with Gasteiger partial charge in [0.2, 0.25) is 0 Å². The molecule has 0 spiro atoms. The van der Waals surface area contributed by atoms with E-state index < -0.39 is 0 Å². The molecular weight excluding hydrogens is 124 g/mol. The van der Waals surface area contributed by atoms with E-state index >= 15 is 0 Å². The zero-order valence-electron chi connectivity index (χ0n) is 6.46. The lowest BCUT2D eigenvalue weighted by Crippen LogP contribution is -1.99. The lowest BCUT2D eigenvalue weighted by Gasteiger charge is -2.01. The number of rotatable bonds is 2. The van der Waals surface area contributed by atoms with Crippen molar-refractivity contribution in [2.24, 2.45) is 0 Å². The second-order valence-corrected chi connectivity index (χ2v) is 2.35. The average molecular weight is 136 g/mol. The molecule has 1 aromatic rings. The number of hydrogen-bond donors (Lipinski definition) is 0. The van der Waals surface area contributed by atoms with Crippen LogP contribution in [0.3, 0.4) is 0 Å². The Balaban J connectivity index is 2.97. The van der Waals surface area contributed by atoms with Crippen LogP contribution in [-0.4, -0.2) is 9.55 Å². The Morgan fingerprint density at radius 3 is 2.80 bits per heavy atom. The van der Waals surface area contributed by atoms with Gasteiger partial charge in [-0.1, -0.05) is 6.08 Å². The van der Waals surface area contributed by atoms with Crippen molar-refractivity contribution >= 4 is 0 Å². The van der Waals surface area contributed by atoms with Crippen LogP contribution >= 0.6 is 0 Å². The number of allylic oxidation sites excluding steroid dienone is 1. The highest BCUT2D eigenvalue weighted by Gasteiger charge is 1.97. The van der Waals surface area contributed by atoms with Gasteiger partial charge in [-0.2, -0.15) is 0 Å². The van der Waals surface area contributed by atoms with E-state index in [4.69, 9.17) is 0 Å². The first-order valence-corrected chi connectivity index (χ1v) is 3.35. The molecule has 0 N–H and O–H groups in total. The van der Waals surface area contributed by atoms with Crippen LogP contribution in [0.25, 0.3) is 0 Å². The molecule has 10 heavy (non-hydrogen) atoms. The quantitative estimate of drug-likeness (QED) is 0.566. The summed E-state index contributed by atoms with van der Waals surface area (Å²) in [5.74, 6) is 1.05. The van der Waals surface area contributed by atoms with E-state index in [1.807, 2.05) is 26.1 Å². The number of hydrogen-bond acceptors (Lipinski definition) is 1. The van der Waals surface area contributed by atoms with Crippen LogP contribution in [-0.2, 0) is 6.54 Å². The topological polar surface area (TPSA) is 17.8 Å². The average Bonchev–Trinajstić information content (AvgIpc) is 2.20. The van der Waals surface area contributed by atoms with Crippen molar-refractivity contribution in [3.63, 3.8) is 0 Å². The first kappa shape index (κ1) is 7.06. The first-order valence-electron chi connectivity index (χ1n) is 3.35. The summed E-state index contributed by atoms with van der Waals surface area (Å²) in [4.78, 5) is 4.15. The van der Waals surface area contributed by atoms with Gasteiger partial charge in [0.15, 0.2) is 0 Å². The predicted molar refractivity (Wildman–Crippen MR) is 41.9 cm³/mol. The Morgan fingerprint density at radius 2 is 2.40 bits per heavy atom. The second-order valence-electron chi connectivity index (χ2n) is 2.35. The van der Waals surface area contributed by atoms with Crippen molar-refractivity contribution in [1.29, 1.82) is 0 Å². The fourth-order valence-electron chi connectivity index (χ4n) is 0.987. The maximum atomic E-state index is 4.15. The third kappa shape index (κ3) is 1.10. The smallest absolute Gasteiger partial charge is 0.105 e. The van der Waals surface area contributed by atoms with Gasteiger partial charge in [-0.05, 0) is 13.8 Å². The molecule has 0 atom stereocenters. The molecule has 0 saturated carbocycles. The molecule has 0 radical (unpaired) electrons. The van der Waals surface area contributed by atoms with Crippen molar-refractivity contribution < 1.29 is 0 Å². The zero-order valence-corrected chi connectivity index (χ0v) is 6.46. The van der Waals surface area contributed by atoms with E-state index in [9.17, 15) is 0 Å². The van der Waals surface area contributed by atoms with Crippen molar-refractivity contribution in [3.05, 3.63) is 30.4 Å². The van der Waals surface area contributed by atoms with Gasteiger partial charge in [-0.3, -0.25) is 0 Å². The van der Waals surface area contributed by atoms with E-state index in [0.29, 0.717) is 0 Å². The van der Waals surface area contributed by atoms with Gasteiger partial charge >= 0.3 is 0 Å². The molecule has 0 fully saturated rings. The summed E-state index contributed by atoms with van der Waals surface area (Å²) in [6, 6.07) is 0. The van der Waals surface area contributed by atoms with Crippen molar-refractivity contribution in [2.45, 2.75) is 20.4 Å². The van der Waals surface area contributed by atoms with Gasteiger partial charge in [0.05, 0.1) is 0 Å². The Morgan fingerprint density at radius 1 is 1.70 bits per heavy atom. The minimum atomic E-state index is 0.859.